The SMILES string of the molecule is COCCNC(=O)C1CCCN(C2CCN(c3nc4ccccc4o3)CC2)C1. The molecule has 0 saturated carbocycles. The molecule has 0 bridgehead atoms. The number of hydrogen-bond acceptors (Lipinski definition) is 6. The highest BCUT2D eigenvalue weighted by Gasteiger charge is 2.32. The van der Waals surface area contributed by atoms with E-state index in [9.17, 15) is 4.79 Å². The van der Waals surface area contributed by atoms with E-state index in [-0.39, 0.29) is 11.8 Å². The first-order valence-corrected chi connectivity index (χ1v) is 10.4. The van der Waals surface area contributed by atoms with Gasteiger partial charge in [-0.2, -0.15) is 4.98 Å². The predicted octanol–water partition coefficient (Wildman–Crippen LogP) is 2.27. The molecular formula is C21H30N4O3. The fourth-order valence-corrected chi connectivity index (χ4v) is 4.39. The average Bonchev–Trinajstić information content (AvgIpc) is 3.18. The lowest BCUT2D eigenvalue weighted by Crippen LogP contribution is -2.51. The molecule has 1 N–H and O–H groups in total. The minimum Gasteiger partial charge on any atom is -0.423 e. The van der Waals surface area contributed by atoms with Crippen LogP contribution >= 0.6 is 0 Å². The third kappa shape index (κ3) is 4.31. The average molecular weight is 386 g/mol. The van der Waals surface area contributed by atoms with Gasteiger partial charge in [0.1, 0.15) is 5.52 Å². The summed E-state index contributed by atoms with van der Waals surface area (Å²) < 4.78 is 10.9. The van der Waals surface area contributed by atoms with Gasteiger partial charge in [0, 0.05) is 39.3 Å². The van der Waals surface area contributed by atoms with Crippen LogP contribution in [0.15, 0.2) is 28.7 Å². The van der Waals surface area contributed by atoms with Crippen molar-refractivity contribution in [3.05, 3.63) is 24.3 Å². The maximum atomic E-state index is 12.4. The Morgan fingerprint density at radius 1 is 1.25 bits per heavy atom. The minimum absolute atomic E-state index is 0.0978. The Bertz CT molecular complexity index is 752. The summed E-state index contributed by atoms with van der Waals surface area (Å²) in [5.74, 6) is 0.270. The van der Waals surface area contributed by atoms with E-state index in [1.165, 1.54) is 0 Å². The summed E-state index contributed by atoms with van der Waals surface area (Å²) in [5.41, 5.74) is 1.76. The van der Waals surface area contributed by atoms with Gasteiger partial charge in [0.25, 0.3) is 6.01 Å². The standard InChI is InChI=1S/C21H30N4O3/c1-27-14-10-22-20(26)16-5-4-11-25(15-16)17-8-12-24(13-9-17)21-23-18-6-2-3-7-19(18)28-21/h2-3,6-7,16-17H,4-5,8-15H2,1H3,(H,22,26). The van der Waals surface area contributed by atoms with E-state index in [1.54, 1.807) is 7.11 Å². The second-order valence-corrected chi connectivity index (χ2v) is 7.80. The number of piperidine rings is 2. The van der Waals surface area contributed by atoms with Crippen molar-refractivity contribution in [3.63, 3.8) is 0 Å². The fraction of sp³-hybridized carbons (Fsp3) is 0.619. The number of methoxy groups -OCH3 is 1. The summed E-state index contributed by atoms with van der Waals surface area (Å²) in [7, 11) is 1.65. The van der Waals surface area contributed by atoms with Crippen molar-refractivity contribution in [3.8, 4) is 0 Å². The molecule has 7 nitrogen and oxygen atoms in total. The Morgan fingerprint density at radius 3 is 2.86 bits per heavy atom. The Kier molecular flexibility index (Phi) is 6.12. The quantitative estimate of drug-likeness (QED) is 0.768. The molecule has 1 unspecified atom stereocenters. The van der Waals surface area contributed by atoms with Crippen LogP contribution < -0.4 is 10.2 Å². The number of rotatable bonds is 6. The van der Waals surface area contributed by atoms with E-state index in [2.05, 4.69) is 20.1 Å². The van der Waals surface area contributed by atoms with E-state index in [0.717, 1.165) is 69.0 Å². The highest BCUT2D eigenvalue weighted by molar-refractivity contribution is 5.79. The number of aromatic nitrogens is 1. The minimum atomic E-state index is 0.0978. The number of carbonyl (C=O) groups is 1. The van der Waals surface area contributed by atoms with Gasteiger partial charge in [0.05, 0.1) is 12.5 Å². The molecule has 2 aliphatic rings. The zero-order valence-corrected chi connectivity index (χ0v) is 16.6. The van der Waals surface area contributed by atoms with Crippen molar-refractivity contribution in [1.29, 1.82) is 0 Å². The van der Waals surface area contributed by atoms with Crippen molar-refractivity contribution in [2.75, 3.05) is 51.3 Å². The van der Waals surface area contributed by atoms with Crippen molar-refractivity contribution in [2.45, 2.75) is 31.7 Å². The van der Waals surface area contributed by atoms with Gasteiger partial charge in [-0.05, 0) is 44.4 Å². The molecule has 1 amide bonds. The Morgan fingerprint density at radius 2 is 2.07 bits per heavy atom. The first kappa shape index (κ1) is 19.2. The van der Waals surface area contributed by atoms with Gasteiger partial charge in [-0.3, -0.25) is 9.69 Å². The Hall–Kier alpha value is -2.12. The number of anilines is 1. The first-order valence-electron chi connectivity index (χ1n) is 10.4. The molecule has 2 aliphatic heterocycles. The van der Waals surface area contributed by atoms with Crippen molar-refractivity contribution < 1.29 is 13.9 Å². The third-order valence-corrected chi connectivity index (χ3v) is 5.96. The van der Waals surface area contributed by atoms with Gasteiger partial charge in [0.15, 0.2) is 5.58 Å². The number of nitrogens with one attached hydrogen (secondary N) is 1. The van der Waals surface area contributed by atoms with Crippen LogP contribution in [0.5, 0.6) is 0 Å². The fourth-order valence-electron chi connectivity index (χ4n) is 4.39. The number of hydrogen-bond donors (Lipinski definition) is 1. The molecular weight excluding hydrogens is 356 g/mol. The van der Waals surface area contributed by atoms with Crippen LogP contribution in [0.4, 0.5) is 6.01 Å². The molecule has 28 heavy (non-hydrogen) atoms. The van der Waals surface area contributed by atoms with Crippen LogP contribution in [-0.2, 0) is 9.53 Å². The van der Waals surface area contributed by atoms with Gasteiger partial charge >= 0.3 is 0 Å². The van der Waals surface area contributed by atoms with Crippen LogP contribution in [0.1, 0.15) is 25.7 Å². The summed E-state index contributed by atoms with van der Waals surface area (Å²) in [6.07, 6.45) is 4.23. The summed E-state index contributed by atoms with van der Waals surface area (Å²) in [6, 6.07) is 9.18. The number of para-hydroxylation sites is 2. The molecule has 2 aromatic rings. The molecule has 0 spiro atoms. The van der Waals surface area contributed by atoms with Crippen LogP contribution in [0.3, 0.4) is 0 Å². The lowest BCUT2D eigenvalue weighted by atomic mass is 9.93. The highest BCUT2D eigenvalue weighted by Crippen LogP contribution is 2.28. The number of benzene rings is 1. The molecule has 7 heteroatoms. The van der Waals surface area contributed by atoms with Gasteiger partial charge in [-0.1, -0.05) is 12.1 Å². The summed E-state index contributed by atoms with van der Waals surface area (Å²) in [6.45, 7) is 5.00. The lowest BCUT2D eigenvalue weighted by Gasteiger charge is -2.41. The van der Waals surface area contributed by atoms with Gasteiger partial charge in [-0.15, -0.1) is 0 Å². The van der Waals surface area contributed by atoms with Crippen molar-refractivity contribution in [1.82, 2.24) is 15.2 Å². The molecule has 2 saturated heterocycles. The zero-order chi connectivity index (χ0) is 19.3. The third-order valence-electron chi connectivity index (χ3n) is 5.96. The van der Waals surface area contributed by atoms with Gasteiger partial charge in [0.2, 0.25) is 5.91 Å². The maximum Gasteiger partial charge on any atom is 0.298 e. The Labute approximate surface area is 166 Å². The second kappa shape index (κ2) is 8.92. The molecule has 152 valence electrons. The van der Waals surface area contributed by atoms with Gasteiger partial charge in [-0.25, -0.2) is 0 Å². The molecule has 1 aromatic carbocycles. The van der Waals surface area contributed by atoms with Crippen molar-refractivity contribution >= 4 is 23.0 Å². The second-order valence-electron chi connectivity index (χ2n) is 7.80. The molecule has 0 aliphatic carbocycles. The number of oxazole rings is 1. The topological polar surface area (TPSA) is 70.8 Å². The maximum absolute atomic E-state index is 12.4. The number of nitrogens with zero attached hydrogens (tertiary/aromatic N) is 3. The molecule has 1 atom stereocenters. The van der Waals surface area contributed by atoms with Crippen LogP contribution in [0, 0.1) is 5.92 Å². The molecule has 1 aromatic heterocycles. The van der Waals surface area contributed by atoms with Crippen LogP contribution in [0.25, 0.3) is 11.1 Å². The van der Waals surface area contributed by atoms with Crippen molar-refractivity contribution in [2.24, 2.45) is 5.92 Å². The zero-order valence-electron chi connectivity index (χ0n) is 16.6. The van der Waals surface area contributed by atoms with Gasteiger partial charge < -0.3 is 19.4 Å². The smallest absolute Gasteiger partial charge is 0.298 e. The largest absolute Gasteiger partial charge is 0.423 e. The monoisotopic (exact) mass is 386 g/mol. The number of fused-ring (bicyclic) bond motifs is 1. The van der Waals surface area contributed by atoms with E-state index in [4.69, 9.17) is 9.15 Å². The molecule has 3 heterocycles. The van der Waals surface area contributed by atoms with E-state index < -0.39 is 0 Å². The number of ether oxygens (including phenoxy) is 1. The lowest BCUT2D eigenvalue weighted by molar-refractivity contribution is -0.127. The summed E-state index contributed by atoms with van der Waals surface area (Å²) in [5, 5.41) is 3.00. The first-order chi connectivity index (χ1) is 13.7. The molecule has 0 radical (unpaired) electrons. The predicted molar refractivity (Wildman–Crippen MR) is 108 cm³/mol. The number of carbonyl (C=O) groups excluding carboxylic acids is 1. The van der Waals surface area contributed by atoms with E-state index in [1.807, 2.05) is 24.3 Å². The summed E-state index contributed by atoms with van der Waals surface area (Å²) >= 11 is 0. The highest BCUT2D eigenvalue weighted by atomic mass is 16.5. The van der Waals surface area contributed by atoms with Crippen LogP contribution in [-0.4, -0.2) is 68.3 Å². The molecule has 4 rings (SSSR count). The van der Waals surface area contributed by atoms with E-state index >= 15 is 0 Å². The Balaban J connectivity index is 1.30. The van der Waals surface area contributed by atoms with E-state index in [0.29, 0.717) is 19.2 Å². The number of amides is 1. The van der Waals surface area contributed by atoms with Crippen LogP contribution in [0.2, 0.25) is 0 Å². The molecule has 2 fully saturated rings. The summed E-state index contributed by atoms with van der Waals surface area (Å²) in [4.78, 5) is 21.8. The number of likely N-dealkylation sites (tertiary alicyclic amines) is 1. The normalized spacial score (nSPS) is 21.9.